The van der Waals surface area contributed by atoms with Gasteiger partial charge in [-0.05, 0) is 94.1 Å². The van der Waals surface area contributed by atoms with E-state index < -0.39 is 41.9 Å². The summed E-state index contributed by atoms with van der Waals surface area (Å²) in [7, 11) is 0. The number of hydrogen-bond donors (Lipinski definition) is 4. The van der Waals surface area contributed by atoms with E-state index in [2.05, 4.69) is 32.1 Å². The maximum Gasteiger partial charge on any atom is 0.338 e. The molecule has 0 bridgehead atoms. The molecule has 2 aromatic carbocycles. The third-order valence-electron chi connectivity index (χ3n) is 4.82. The SMILES string of the molecule is CCOC(=O)[C@H]1O[C@@H]1C(=O)NNC(=O)[C@H](Cc1cc(I)c(O)c(I)c1)NC(=O)c1ccc(Br)cc1. The van der Waals surface area contributed by atoms with Crippen molar-refractivity contribution in [2.24, 2.45) is 0 Å². The van der Waals surface area contributed by atoms with E-state index in [4.69, 9.17) is 9.47 Å². The molecule has 0 spiro atoms. The minimum absolute atomic E-state index is 0.0850. The third-order valence-corrected chi connectivity index (χ3v) is 7.00. The molecule has 0 radical (unpaired) electrons. The summed E-state index contributed by atoms with van der Waals surface area (Å²) in [5.41, 5.74) is 5.52. The van der Waals surface area contributed by atoms with Crippen LogP contribution in [0.25, 0.3) is 0 Å². The van der Waals surface area contributed by atoms with Gasteiger partial charge in [0, 0.05) is 16.5 Å². The number of rotatable bonds is 8. The average Bonchev–Trinajstić information content (AvgIpc) is 3.62. The first-order valence-electron chi connectivity index (χ1n) is 10.3. The molecule has 0 aliphatic carbocycles. The summed E-state index contributed by atoms with van der Waals surface area (Å²) in [6.07, 6.45) is -1.99. The lowest BCUT2D eigenvalue weighted by Crippen LogP contribution is -2.54. The summed E-state index contributed by atoms with van der Waals surface area (Å²) in [6.45, 7) is 1.78. The zero-order chi connectivity index (χ0) is 25.7. The minimum Gasteiger partial charge on any atom is -0.506 e. The maximum absolute atomic E-state index is 12.9. The highest BCUT2D eigenvalue weighted by molar-refractivity contribution is 14.1. The summed E-state index contributed by atoms with van der Waals surface area (Å²) in [5, 5.41) is 12.7. The van der Waals surface area contributed by atoms with Crippen LogP contribution < -0.4 is 16.2 Å². The van der Waals surface area contributed by atoms with Crippen molar-refractivity contribution in [3.8, 4) is 5.75 Å². The fourth-order valence-corrected chi connectivity index (χ4v) is 5.18. The molecule has 10 nitrogen and oxygen atoms in total. The molecule has 3 rings (SSSR count). The number of esters is 1. The van der Waals surface area contributed by atoms with Crippen LogP contribution in [0.4, 0.5) is 0 Å². The number of benzene rings is 2. The van der Waals surface area contributed by atoms with Gasteiger partial charge in [0.25, 0.3) is 17.7 Å². The molecular weight excluding hydrogens is 752 g/mol. The van der Waals surface area contributed by atoms with E-state index in [1.807, 2.05) is 45.2 Å². The van der Waals surface area contributed by atoms with Gasteiger partial charge in [0.05, 0.1) is 13.7 Å². The van der Waals surface area contributed by atoms with Crippen LogP contribution >= 0.6 is 61.1 Å². The largest absolute Gasteiger partial charge is 0.506 e. The second-order valence-corrected chi connectivity index (χ2v) is 10.6. The Kier molecular flexibility index (Phi) is 9.71. The number of hydrazine groups is 1. The molecule has 13 heteroatoms. The lowest BCUT2D eigenvalue weighted by molar-refractivity contribution is -0.144. The van der Waals surface area contributed by atoms with Gasteiger partial charge in [-0.3, -0.25) is 25.2 Å². The zero-order valence-electron chi connectivity index (χ0n) is 18.1. The average molecular weight is 772 g/mol. The molecule has 0 saturated carbocycles. The van der Waals surface area contributed by atoms with E-state index in [0.29, 0.717) is 18.3 Å². The Morgan fingerprint density at radius 3 is 2.31 bits per heavy atom. The molecule has 3 atom stereocenters. The van der Waals surface area contributed by atoms with E-state index in [-0.39, 0.29) is 18.8 Å². The first kappa shape index (κ1) is 27.6. The Balaban J connectivity index is 1.70. The normalized spacial score (nSPS) is 17.1. The van der Waals surface area contributed by atoms with E-state index in [0.717, 1.165) is 4.47 Å². The first-order chi connectivity index (χ1) is 16.6. The number of phenolic OH excluding ortho intramolecular Hbond substituents is 1. The molecule has 0 unspecified atom stereocenters. The van der Waals surface area contributed by atoms with E-state index in [1.54, 1.807) is 43.3 Å². The monoisotopic (exact) mass is 771 g/mol. The summed E-state index contributed by atoms with van der Waals surface area (Å²) >= 11 is 7.26. The van der Waals surface area contributed by atoms with Gasteiger partial charge in [-0.1, -0.05) is 15.9 Å². The number of epoxide rings is 1. The summed E-state index contributed by atoms with van der Waals surface area (Å²) in [6, 6.07) is 8.93. The van der Waals surface area contributed by atoms with Gasteiger partial charge in [-0.25, -0.2) is 4.79 Å². The Morgan fingerprint density at radius 1 is 1.09 bits per heavy atom. The number of ether oxygens (including phenoxy) is 2. The van der Waals surface area contributed by atoms with Crippen LogP contribution in [0.15, 0.2) is 40.9 Å². The molecule has 1 aliphatic heterocycles. The van der Waals surface area contributed by atoms with Gasteiger partial charge >= 0.3 is 5.97 Å². The second-order valence-electron chi connectivity index (χ2n) is 7.35. The highest BCUT2D eigenvalue weighted by Crippen LogP contribution is 2.28. The van der Waals surface area contributed by atoms with Crippen LogP contribution in [0.2, 0.25) is 0 Å². The highest BCUT2D eigenvalue weighted by atomic mass is 127. The smallest absolute Gasteiger partial charge is 0.338 e. The minimum atomic E-state index is -1.07. The Morgan fingerprint density at radius 2 is 1.71 bits per heavy atom. The van der Waals surface area contributed by atoms with E-state index in [9.17, 15) is 24.3 Å². The lowest BCUT2D eigenvalue weighted by atomic mass is 10.0. The number of aromatic hydroxyl groups is 1. The molecule has 1 fully saturated rings. The second kappa shape index (κ2) is 12.3. The molecule has 4 N–H and O–H groups in total. The molecule has 186 valence electrons. The van der Waals surface area contributed by atoms with Crippen molar-refractivity contribution in [2.75, 3.05) is 6.61 Å². The summed E-state index contributed by atoms with van der Waals surface area (Å²) < 4.78 is 11.8. The molecular formula is C22H20BrI2N3O7. The van der Waals surface area contributed by atoms with Gasteiger partial charge in [-0.15, -0.1) is 0 Å². The Hall–Kier alpha value is -1.98. The number of carbonyl (C=O) groups excluding carboxylic acids is 4. The molecule has 2 aromatic rings. The van der Waals surface area contributed by atoms with Gasteiger partial charge in [0.1, 0.15) is 11.8 Å². The predicted molar refractivity (Wildman–Crippen MR) is 144 cm³/mol. The highest BCUT2D eigenvalue weighted by Gasteiger charge is 2.51. The van der Waals surface area contributed by atoms with Gasteiger partial charge in [0.15, 0.2) is 12.2 Å². The molecule has 0 aromatic heterocycles. The molecule has 1 heterocycles. The molecule has 1 saturated heterocycles. The van der Waals surface area contributed by atoms with Gasteiger partial charge in [0.2, 0.25) is 0 Å². The van der Waals surface area contributed by atoms with Crippen molar-refractivity contribution >= 4 is 84.8 Å². The molecule has 35 heavy (non-hydrogen) atoms. The van der Waals surface area contributed by atoms with Crippen molar-refractivity contribution in [2.45, 2.75) is 31.6 Å². The Bertz CT molecular complexity index is 1120. The Labute approximate surface area is 236 Å². The fraction of sp³-hybridized carbons (Fsp3) is 0.273. The fourth-order valence-electron chi connectivity index (χ4n) is 3.02. The predicted octanol–water partition coefficient (Wildman–Crippen LogP) is 2.18. The van der Waals surface area contributed by atoms with Crippen molar-refractivity contribution in [1.82, 2.24) is 16.2 Å². The quantitative estimate of drug-likeness (QED) is 0.139. The topological polar surface area (TPSA) is 146 Å². The van der Waals surface area contributed by atoms with Crippen molar-refractivity contribution in [3.63, 3.8) is 0 Å². The van der Waals surface area contributed by atoms with Crippen LogP contribution in [0.3, 0.4) is 0 Å². The lowest BCUT2D eigenvalue weighted by Gasteiger charge is -2.19. The summed E-state index contributed by atoms with van der Waals surface area (Å²) in [4.78, 5) is 49.6. The molecule has 3 amide bonds. The maximum atomic E-state index is 12.9. The van der Waals surface area contributed by atoms with Crippen LogP contribution in [0.1, 0.15) is 22.8 Å². The number of carbonyl (C=O) groups is 4. The van der Waals surface area contributed by atoms with Gasteiger partial charge < -0.3 is 19.9 Å². The van der Waals surface area contributed by atoms with E-state index >= 15 is 0 Å². The number of halogens is 3. The van der Waals surface area contributed by atoms with Crippen molar-refractivity contribution < 1.29 is 33.8 Å². The standard InChI is InChI=1S/C22H20BrI2N3O7/c1-2-34-22(33)18-17(35-18)21(32)28-27-20(31)15(9-10-7-13(24)16(29)14(25)8-10)26-19(30)11-3-5-12(23)6-4-11/h3-8,15,17-18,29H,2,9H2,1H3,(H,26,30)(H,27,31)(H,28,32)/t15-,17-,18-/m0/s1. The van der Waals surface area contributed by atoms with Crippen molar-refractivity contribution in [3.05, 3.63) is 59.1 Å². The zero-order valence-corrected chi connectivity index (χ0v) is 24.0. The number of phenols is 1. The van der Waals surface area contributed by atoms with Crippen LogP contribution in [0.5, 0.6) is 5.75 Å². The third kappa shape index (κ3) is 7.50. The number of hydrogen-bond acceptors (Lipinski definition) is 7. The number of amides is 3. The van der Waals surface area contributed by atoms with Crippen LogP contribution in [-0.4, -0.2) is 53.7 Å². The van der Waals surface area contributed by atoms with Crippen molar-refractivity contribution in [1.29, 1.82) is 0 Å². The number of nitrogens with one attached hydrogen (secondary N) is 3. The van der Waals surface area contributed by atoms with Gasteiger partial charge in [-0.2, -0.15) is 0 Å². The van der Waals surface area contributed by atoms with E-state index in [1.165, 1.54) is 0 Å². The first-order valence-corrected chi connectivity index (χ1v) is 13.2. The molecule has 1 aliphatic rings. The van der Waals surface area contributed by atoms with Crippen LogP contribution in [0, 0.1) is 7.14 Å². The van der Waals surface area contributed by atoms with Crippen LogP contribution in [-0.2, 0) is 30.3 Å². The summed E-state index contributed by atoms with van der Waals surface area (Å²) in [5.74, 6) is -2.42.